The Balaban J connectivity index is 3.20. The number of nitrogens with two attached hydrogens (primary N) is 1. The summed E-state index contributed by atoms with van der Waals surface area (Å²) in [5, 5.41) is 13.7. The van der Waals surface area contributed by atoms with Gasteiger partial charge in [0.15, 0.2) is 0 Å². The predicted molar refractivity (Wildman–Crippen MR) is 64.7 cm³/mol. The third kappa shape index (κ3) is 2.72. The van der Waals surface area contributed by atoms with Crippen LogP contribution in [-0.2, 0) is 4.79 Å². The summed E-state index contributed by atoms with van der Waals surface area (Å²) in [6.07, 6.45) is 0. The highest BCUT2D eigenvalue weighted by Crippen LogP contribution is 2.29. The molecule has 1 aromatic carbocycles. The third-order valence-electron chi connectivity index (χ3n) is 2.48. The molecular formula is C11H15N3O3. The van der Waals surface area contributed by atoms with Crippen molar-refractivity contribution < 1.29 is 9.72 Å². The van der Waals surface area contributed by atoms with Crippen molar-refractivity contribution in [2.24, 2.45) is 5.73 Å². The predicted octanol–water partition coefficient (Wildman–Crippen LogP) is 1.58. The molecule has 3 N–H and O–H groups in total. The molecule has 6 nitrogen and oxygen atoms in total. The number of rotatable bonds is 4. The van der Waals surface area contributed by atoms with Gasteiger partial charge in [-0.25, -0.2) is 0 Å². The standard InChI is InChI=1S/C11H15N3O3/c1-7-5-4-6-8(9(7)14(16)17)13-11(2,3)10(12)15/h4-6,13H,1-3H3,(H2,12,15). The second-order valence-corrected chi connectivity index (χ2v) is 4.34. The van der Waals surface area contributed by atoms with Crippen LogP contribution in [0.15, 0.2) is 18.2 Å². The highest BCUT2D eigenvalue weighted by atomic mass is 16.6. The van der Waals surface area contributed by atoms with E-state index in [2.05, 4.69) is 5.32 Å². The fourth-order valence-electron chi connectivity index (χ4n) is 1.40. The van der Waals surface area contributed by atoms with Crippen molar-refractivity contribution in [1.29, 1.82) is 0 Å². The molecule has 0 heterocycles. The summed E-state index contributed by atoms with van der Waals surface area (Å²) in [4.78, 5) is 21.7. The van der Waals surface area contributed by atoms with Gasteiger partial charge in [-0.1, -0.05) is 12.1 Å². The molecule has 1 rings (SSSR count). The van der Waals surface area contributed by atoms with Crippen LogP contribution in [0.25, 0.3) is 0 Å². The van der Waals surface area contributed by atoms with Crippen molar-refractivity contribution in [3.63, 3.8) is 0 Å². The molecular weight excluding hydrogens is 222 g/mol. The molecule has 0 aliphatic rings. The summed E-state index contributed by atoms with van der Waals surface area (Å²) in [5.74, 6) is -0.576. The zero-order valence-electron chi connectivity index (χ0n) is 9.98. The van der Waals surface area contributed by atoms with Crippen LogP contribution in [0.1, 0.15) is 19.4 Å². The molecule has 0 unspecified atom stereocenters. The average Bonchev–Trinajstić information content (AvgIpc) is 2.15. The van der Waals surface area contributed by atoms with E-state index in [-0.39, 0.29) is 5.69 Å². The van der Waals surface area contributed by atoms with E-state index in [1.807, 2.05) is 0 Å². The van der Waals surface area contributed by atoms with Gasteiger partial charge in [-0.05, 0) is 26.8 Å². The lowest BCUT2D eigenvalue weighted by atomic mass is 10.0. The Labute approximate surface area is 99.0 Å². The second-order valence-electron chi connectivity index (χ2n) is 4.34. The first-order valence-electron chi connectivity index (χ1n) is 5.08. The first-order valence-corrected chi connectivity index (χ1v) is 5.08. The molecule has 0 aliphatic heterocycles. The third-order valence-corrected chi connectivity index (χ3v) is 2.48. The van der Waals surface area contributed by atoms with Gasteiger partial charge in [-0.15, -0.1) is 0 Å². The van der Waals surface area contributed by atoms with Crippen molar-refractivity contribution in [3.8, 4) is 0 Å². The number of nitrogens with zero attached hydrogens (tertiary/aromatic N) is 1. The molecule has 0 aliphatic carbocycles. The lowest BCUT2D eigenvalue weighted by molar-refractivity contribution is -0.384. The lowest BCUT2D eigenvalue weighted by Gasteiger charge is -2.23. The topological polar surface area (TPSA) is 98.3 Å². The molecule has 1 amide bonds. The lowest BCUT2D eigenvalue weighted by Crippen LogP contribution is -2.45. The van der Waals surface area contributed by atoms with Crippen LogP contribution in [0.5, 0.6) is 0 Å². The van der Waals surface area contributed by atoms with Crippen LogP contribution in [0, 0.1) is 17.0 Å². The van der Waals surface area contributed by atoms with Crippen molar-refractivity contribution >= 4 is 17.3 Å². The van der Waals surface area contributed by atoms with E-state index in [1.165, 1.54) is 0 Å². The Morgan fingerprint density at radius 1 is 1.47 bits per heavy atom. The average molecular weight is 237 g/mol. The number of nitro benzene ring substituents is 1. The minimum absolute atomic E-state index is 0.0400. The van der Waals surface area contributed by atoms with E-state index in [0.717, 1.165) is 0 Å². The van der Waals surface area contributed by atoms with Crippen molar-refractivity contribution in [2.75, 3.05) is 5.32 Å². The molecule has 0 atom stereocenters. The number of nitrogens with one attached hydrogen (secondary N) is 1. The van der Waals surface area contributed by atoms with Gasteiger partial charge in [-0.3, -0.25) is 14.9 Å². The number of nitro groups is 1. The fraction of sp³-hybridized carbons (Fsp3) is 0.364. The van der Waals surface area contributed by atoms with E-state index in [9.17, 15) is 14.9 Å². The number of aryl methyl sites for hydroxylation is 1. The van der Waals surface area contributed by atoms with E-state index in [0.29, 0.717) is 11.3 Å². The molecule has 0 saturated carbocycles. The maximum Gasteiger partial charge on any atom is 0.295 e. The Bertz CT molecular complexity index is 469. The van der Waals surface area contributed by atoms with Crippen LogP contribution < -0.4 is 11.1 Å². The van der Waals surface area contributed by atoms with Crippen LogP contribution in [0.3, 0.4) is 0 Å². The molecule has 0 spiro atoms. The molecule has 1 aromatic rings. The zero-order valence-corrected chi connectivity index (χ0v) is 9.98. The minimum Gasteiger partial charge on any atom is -0.368 e. The maximum atomic E-state index is 11.2. The Hall–Kier alpha value is -2.11. The smallest absolute Gasteiger partial charge is 0.295 e. The highest BCUT2D eigenvalue weighted by molar-refractivity contribution is 5.88. The zero-order chi connectivity index (χ0) is 13.2. The number of hydrogen-bond acceptors (Lipinski definition) is 4. The summed E-state index contributed by atoms with van der Waals surface area (Å²) in [5.41, 5.74) is 4.95. The molecule has 92 valence electrons. The van der Waals surface area contributed by atoms with E-state index < -0.39 is 16.4 Å². The van der Waals surface area contributed by atoms with Crippen LogP contribution in [0.2, 0.25) is 0 Å². The van der Waals surface area contributed by atoms with Gasteiger partial charge < -0.3 is 11.1 Å². The Kier molecular flexibility index (Phi) is 3.36. The van der Waals surface area contributed by atoms with Gasteiger partial charge in [0.25, 0.3) is 5.69 Å². The van der Waals surface area contributed by atoms with Crippen LogP contribution in [-0.4, -0.2) is 16.4 Å². The number of hydrogen-bond donors (Lipinski definition) is 2. The molecule has 6 heteroatoms. The SMILES string of the molecule is Cc1cccc(NC(C)(C)C(N)=O)c1[N+](=O)[O-]. The number of benzene rings is 1. The molecule has 0 saturated heterocycles. The fourth-order valence-corrected chi connectivity index (χ4v) is 1.40. The number of anilines is 1. The van der Waals surface area contributed by atoms with E-state index >= 15 is 0 Å². The summed E-state index contributed by atoms with van der Waals surface area (Å²) < 4.78 is 0. The first-order chi connectivity index (χ1) is 7.75. The summed E-state index contributed by atoms with van der Waals surface area (Å²) >= 11 is 0. The number of amides is 1. The van der Waals surface area contributed by atoms with Gasteiger partial charge in [-0.2, -0.15) is 0 Å². The number of primary amides is 1. The van der Waals surface area contributed by atoms with Gasteiger partial charge >= 0.3 is 0 Å². The second kappa shape index (κ2) is 4.40. The Morgan fingerprint density at radius 3 is 2.53 bits per heavy atom. The van der Waals surface area contributed by atoms with Crippen molar-refractivity contribution in [3.05, 3.63) is 33.9 Å². The molecule has 0 aromatic heterocycles. The number of carbonyl (C=O) groups excluding carboxylic acids is 1. The van der Waals surface area contributed by atoms with Crippen LogP contribution in [0.4, 0.5) is 11.4 Å². The number of carbonyl (C=O) groups is 1. The van der Waals surface area contributed by atoms with Crippen LogP contribution >= 0.6 is 0 Å². The highest BCUT2D eigenvalue weighted by Gasteiger charge is 2.28. The summed E-state index contributed by atoms with van der Waals surface area (Å²) in [7, 11) is 0. The Morgan fingerprint density at radius 2 is 2.06 bits per heavy atom. The minimum atomic E-state index is -1.04. The molecule has 0 bridgehead atoms. The molecule has 0 fully saturated rings. The van der Waals surface area contributed by atoms with Crippen molar-refractivity contribution in [1.82, 2.24) is 0 Å². The molecule has 0 radical (unpaired) electrons. The van der Waals surface area contributed by atoms with Gasteiger partial charge in [0.2, 0.25) is 5.91 Å². The van der Waals surface area contributed by atoms with Crippen molar-refractivity contribution in [2.45, 2.75) is 26.3 Å². The quantitative estimate of drug-likeness (QED) is 0.613. The summed E-state index contributed by atoms with van der Waals surface area (Å²) in [6.45, 7) is 4.78. The van der Waals surface area contributed by atoms with Gasteiger partial charge in [0.05, 0.1) is 4.92 Å². The monoisotopic (exact) mass is 237 g/mol. The first kappa shape index (κ1) is 13.0. The van der Waals surface area contributed by atoms with E-state index in [4.69, 9.17) is 5.73 Å². The van der Waals surface area contributed by atoms with E-state index in [1.54, 1.807) is 39.0 Å². The van der Waals surface area contributed by atoms with Gasteiger partial charge in [0.1, 0.15) is 11.2 Å². The largest absolute Gasteiger partial charge is 0.368 e. The molecule has 17 heavy (non-hydrogen) atoms. The normalized spacial score (nSPS) is 11.0. The number of para-hydroxylation sites is 1. The maximum absolute atomic E-state index is 11.2. The van der Waals surface area contributed by atoms with Gasteiger partial charge in [0, 0.05) is 5.56 Å². The summed E-state index contributed by atoms with van der Waals surface area (Å²) in [6, 6.07) is 4.87.